The van der Waals surface area contributed by atoms with Gasteiger partial charge < -0.3 is 14.2 Å². The van der Waals surface area contributed by atoms with E-state index in [0.29, 0.717) is 13.1 Å². The fraction of sp³-hybridized carbons (Fsp3) is 0.500. The number of carbonyl (C=O) groups is 1. The van der Waals surface area contributed by atoms with Crippen LogP contribution in [0.2, 0.25) is 0 Å². The van der Waals surface area contributed by atoms with Crippen LogP contribution in [0.1, 0.15) is 43.3 Å². The number of carbonyl (C=O) groups excluding carboxylic acids is 1. The number of aromatic nitrogens is 2. The van der Waals surface area contributed by atoms with Crippen LogP contribution in [0.4, 0.5) is 0 Å². The van der Waals surface area contributed by atoms with Gasteiger partial charge in [0.05, 0.1) is 24.3 Å². The van der Waals surface area contributed by atoms with Gasteiger partial charge in [0.1, 0.15) is 5.75 Å². The van der Waals surface area contributed by atoms with E-state index in [1.807, 2.05) is 35.0 Å². The summed E-state index contributed by atoms with van der Waals surface area (Å²) in [4.78, 5) is 18.9. The molecule has 0 spiro atoms. The molecule has 0 unspecified atom stereocenters. The van der Waals surface area contributed by atoms with Crippen molar-refractivity contribution in [2.75, 3.05) is 13.2 Å². The molecule has 1 aliphatic heterocycles. The summed E-state index contributed by atoms with van der Waals surface area (Å²) in [5.41, 5.74) is 4.52. The van der Waals surface area contributed by atoms with Crippen molar-refractivity contribution in [3.8, 4) is 5.75 Å². The summed E-state index contributed by atoms with van der Waals surface area (Å²) >= 11 is 0. The molecule has 134 valence electrons. The van der Waals surface area contributed by atoms with Crippen LogP contribution in [-0.4, -0.2) is 33.5 Å². The predicted octanol–water partition coefficient (Wildman–Crippen LogP) is 2.99. The molecule has 1 aromatic carbocycles. The van der Waals surface area contributed by atoms with Gasteiger partial charge >= 0.3 is 0 Å². The van der Waals surface area contributed by atoms with Crippen LogP contribution >= 0.6 is 0 Å². The number of imidazole rings is 1. The Morgan fingerprint density at radius 2 is 2.08 bits per heavy atom. The van der Waals surface area contributed by atoms with Gasteiger partial charge in [-0.25, -0.2) is 4.98 Å². The average Bonchev–Trinajstić information content (AvgIpc) is 2.93. The number of hydrogen-bond acceptors (Lipinski definition) is 3. The molecule has 0 fully saturated rings. The first-order valence-electron chi connectivity index (χ1n) is 8.76. The van der Waals surface area contributed by atoms with Crippen LogP contribution in [0.3, 0.4) is 0 Å². The van der Waals surface area contributed by atoms with Gasteiger partial charge in [-0.05, 0) is 24.0 Å². The number of nitrogens with zero attached hydrogens (tertiary/aromatic N) is 3. The fourth-order valence-electron chi connectivity index (χ4n) is 3.22. The second-order valence-corrected chi connectivity index (χ2v) is 7.85. The Balaban J connectivity index is 1.69. The van der Waals surface area contributed by atoms with Gasteiger partial charge in [-0.15, -0.1) is 0 Å². The Hall–Kier alpha value is -2.30. The third-order valence-corrected chi connectivity index (χ3v) is 4.75. The minimum atomic E-state index is -0.0286. The Kier molecular flexibility index (Phi) is 4.58. The molecular formula is C20H27N3O2. The third kappa shape index (κ3) is 3.70. The first-order valence-corrected chi connectivity index (χ1v) is 8.76. The van der Waals surface area contributed by atoms with Crippen molar-refractivity contribution in [2.24, 2.45) is 7.05 Å². The number of rotatable bonds is 3. The largest absolute Gasteiger partial charge is 0.483 e. The van der Waals surface area contributed by atoms with Crippen LogP contribution in [0.5, 0.6) is 5.75 Å². The molecule has 2 heterocycles. The summed E-state index contributed by atoms with van der Waals surface area (Å²) in [6.45, 7) is 9.92. The summed E-state index contributed by atoms with van der Waals surface area (Å²) in [6.07, 6.45) is 2.62. The number of benzene rings is 1. The lowest BCUT2D eigenvalue weighted by Crippen LogP contribution is -2.39. The maximum Gasteiger partial charge on any atom is 0.260 e. The van der Waals surface area contributed by atoms with E-state index >= 15 is 0 Å². The molecular weight excluding hydrogens is 314 g/mol. The van der Waals surface area contributed by atoms with Crippen molar-refractivity contribution in [3.05, 3.63) is 47.0 Å². The lowest BCUT2D eigenvalue weighted by molar-refractivity contribution is -0.134. The number of ether oxygens (including phenoxy) is 1. The lowest BCUT2D eigenvalue weighted by Gasteiger charge is -2.28. The molecule has 3 rings (SSSR count). The highest BCUT2D eigenvalue weighted by Gasteiger charge is 2.25. The van der Waals surface area contributed by atoms with Crippen molar-refractivity contribution in [3.63, 3.8) is 0 Å². The molecule has 2 aromatic rings. The maximum absolute atomic E-state index is 12.6. The molecule has 0 saturated carbocycles. The lowest BCUT2D eigenvalue weighted by atomic mass is 9.85. The second-order valence-electron chi connectivity index (χ2n) is 7.85. The highest BCUT2D eigenvalue weighted by atomic mass is 16.5. The Morgan fingerprint density at radius 1 is 1.32 bits per heavy atom. The van der Waals surface area contributed by atoms with E-state index in [9.17, 15) is 4.79 Å². The van der Waals surface area contributed by atoms with E-state index in [1.54, 1.807) is 0 Å². The second kappa shape index (κ2) is 6.54. The van der Waals surface area contributed by atoms with Crippen molar-refractivity contribution in [1.82, 2.24) is 14.5 Å². The minimum absolute atomic E-state index is 0.0206. The summed E-state index contributed by atoms with van der Waals surface area (Å²) in [5, 5.41) is 0. The maximum atomic E-state index is 12.6. The molecule has 0 bridgehead atoms. The van der Waals surface area contributed by atoms with Crippen molar-refractivity contribution < 1.29 is 9.53 Å². The molecule has 5 nitrogen and oxygen atoms in total. The molecule has 1 aliphatic rings. The van der Waals surface area contributed by atoms with Gasteiger partial charge in [-0.2, -0.15) is 0 Å². The van der Waals surface area contributed by atoms with E-state index < -0.39 is 0 Å². The summed E-state index contributed by atoms with van der Waals surface area (Å²) < 4.78 is 7.91. The molecule has 1 aromatic heterocycles. The van der Waals surface area contributed by atoms with Crippen LogP contribution < -0.4 is 4.74 Å². The molecule has 1 amide bonds. The average molecular weight is 341 g/mol. The zero-order valence-corrected chi connectivity index (χ0v) is 15.8. The third-order valence-electron chi connectivity index (χ3n) is 4.75. The standard InChI is InChI=1S/C20H27N3O2/c1-14-6-7-18(15(10-14)20(2,3)4)25-12-19(24)23-9-8-16-17(11-23)22(5)13-21-16/h6-7,10,13H,8-9,11-12H2,1-5H3. The van der Waals surface area contributed by atoms with Gasteiger partial charge in [0.15, 0.2) is 6.61 Å². The van der Waals surface area contributed by atoms with Crippen LogP contribution in [0, 0.1) is 6.92 Å². The van der Waals surface area contributed by atoms with Crippen molar-refractivity contribution in [2.45, 2.75) is 46.1 Å². The molecule has 25 heavy (non-hydrogen) atoms. The van der Waals surface area contributed by atoms with Gasteiger partial charge in [0.2, 0.25) is 0 Å². The fourth-order valence-corrected chi connectivity index (χ4v) is 3.22. The molecule has 5 heteroatoms. The molecule has 0 saturated heterocycles. The molecule has 0 atom stereocenters. The van der Waals surface area contributed by atoms with Crippen LogP contribution in [0.25, 0.3) is 0 Å². The summed E-state index contributed by atoms with van der Waals surface area (Å²) in [5.74, 6) is 0.817. The van der Waals surface area contributed by atoms with Crippen molar-refractivity contribution >= 4 is 5.91 Å². The minimum Gasteiger partial charge on any atom is -0.483 e. The zero-order chi connectivity index (χ0) is 18.2. The van der Waals surface area contributed by atoms with Gasteiger partial charge in [0.25, 0.3) is 5.91 Å². The molecule has 0 radical (unpaired) electrons. The van der Waals surface area contributed by atoms with E-state index in [-0.39, 0.29) is 17.9 Å². The summed E-state index contributed by atoms with van der Waals surface area (Å²) in [7, 11) is 1.97. The number of amides is 1. The quantitative estimate of drug-likeness (QED) is 0.862. The highest BCUT2D eigenvalue weighted by Crippen LogP contribution is 2.32. The SMILES string of the molecule is Cc1ccc(OCC(=O)N2CCc3ncn(C)c3C2)c(C(C)(C)C)c1. The van der Waals surface area contributed by atoms with Gasteiger partial charge in [0, 0.05) is 20.0 Å². The van der Waals surface area contributed by atoms with Gasteiger partial charge in [-0.3, -0.25) is 4.79 Å². The topological polar surface area (TPSA) is 47.4 Å². The number of hydrogen-bond donors (Lipinski definition) is 0. The highest BCUT2D eigenvalue weighted by molar-refractivity contribution is 5.78. The predicted molar refractivity (Wildman–Crippen MR) is 97.7 cm³/mol. The zero-order valence-electron chi connectivity index (χ0n) is 15.8. The molecule has 0 N–H and O–H groups in total. The van der Waals surface area contributed by atoms with Crippen LogP contribution in [-0.2, 0) is 30.2 Å². The van der Waals surface area contributed by atoms with E-state index in [0.717, 1.165) is 29.1 Å². The smallest absolute Gasteiger partial charge is 0.260 e. The first kappa shape index (κ1) is 17.5. The Morgan fingerprint density at radius 3 is 2.80 bits per heavy atom. The van der Waals surface area contributed by atoms with Crippen molar-refractivity contribution in [1.29, 1.82) is 0 Å². The van der Waals surface area contributed by atoms with E-state index in [1.165, 1.54) is 5.56 Å². The van der Waals surface area contributed by atoms with E-state index in [4.69, 9.17) is 4.74 Å². The number of fused-ring (bicyclic) bond motifs is 1. The normalized spacial score (nSPS) is 14.4. The van der Waals surface area contributed by atoms with Crippen LogP contribution in [0.15, 0.2) is 24.5 Å². The monoisotopic (exact) mass is 341 g/mol. The first-order chi connectivity index (χ1) is 11.8. The Bertz CT molecular complexity index is 787. The number of aryl methyl sites for hydroxylation is 2. The van der Waals surface area contributed by atoms with E-state index in [2.05, 4.69) is 38.7 Å². The van der Waals surface area contributed by atoms with Gasteiger partial charge in [-0.1, -0.05) is 38.5 Å². The Labute approximate surface area is 149 Å². The summed E-state index contributed by atoms with van der Waals surface area (Å²) in [6, 6.07) is 6.14. The molecule has 0 aliphatic carbocycles.